The van der Waals surface area contributed by atoms with Crippen molar-refractivity contribution in [2.45, 2.75) is 18.7 Å². The summed E-state index contributed by atoms with van der Waals surface area (Å²) in [4.78, 5) is 0. The minimum Gasteiger partial charge on any atom is -0.493 e. The second kappa shape index (κ2) is 8.19. The van der Waals surface area contributed by atoms with E-state index in [0.29, 0.717) is 33.7 Å². The van der Waals surface area contributed by atoms with Crippen molar-refractivity contribution >= 4 is 28.9 Å². The topological polar surface area (TPSA) is 43.3 Å². The quantitative estimate of drug-likeness (QED) is 0.441. The van der Waals surface area contributed by atoms with Crippen LogP contribution in [0.25, 0.3) is 0 Å². The Morgan fingerprint density at radius 2 is 1.75 bits per heavy atom. The van der Waals surface area contributed by atoms with Gasteiger partial charge in [0.05, 0.1) is 31.0 Å². The second-order valence-electron chi connectivity index (χ2n) is 7.54. The highest BCUT2D eigenvalue weighted by atomic mass is 35.5. The number of hydrogen-bond donors (Lipinski definition) is 0. The van der Waals surface area contributed by atoms with Crippen LogP contribution in [0.4, 0.5) is 4.39 Å². The molecule has 0 bridgehead atoms. The lowest BCUT2D eigenvalue weighted by Crippen LogP contribution is -2.33. The Morgan fingerprint density at radius 3 is 2.47 bits per heavy atom. The first-order valence-electron chi connectivity index (χ1n) is 9.97. The summed E-state index contributed by atoms with van der Waals surface area (Å²) in [6.45, 7) is 0. The first-order chi connectivity index (χ1) is 15.5. The summed E-state index contributed by atoms with van der Waals surface area (Å²) in [5, 5.41) is 7.74. The van der Waals surface area contributed by atoms with E-state index in [2.05, 4.69) is 0 Å². The molecular formula is C24H19Cl2FN2O3. The molecule has 0 fully saturated rings. The van der Waals surface area contributed by atoms with Gasteiger partial charge in [-0.05, 0) is 42.5 Å². The third kappa shape index (κ3) is 3.53. The van der Waals surface area contributed by atoms with Crippen LogP contribution in [-0.2, 0) is 0 Å². The van der Waals surface area contributed by atoms with Gasteiger partial charge in [-0.15, -0.1) is 0 Å². The van der Waals surface area contributed by atoms with Gasteiger partial charge in [0.25, 0.3) is 0 Å². The molecule has 32 heavy (non-hydrogen) atoms. The number of benzene rings is 3. The minimum absolute atomic E-state index is 0.145. The molecule has 2 atom stereocenters. The molecule has 5 rings (SSSR count). The number of methoxy groups -OCH3 is 2. The molecule has 0 saturated heterocycles. The molecule has 2 heterocycles. The Balaban J connectivity index is 1.61. The minimum atomic E-state index is -0.565. The van der Waals surface area contributed by atoms with Crippen LogP contribution in [0.5, 0.6) is 17.2 Å². The van der Waals surface area contributed by atoms with Crippen LogP contribution in [0.2, 0.25) is 10.0 Å². The van der Waals surface area contributed by atoms with Crippen LogP contribution in [0.1, 0.15) is 35.4 Å². The average molecular weight is 473 g/mol. The van der Waals surface area contributed by atoms with Crippen LogP contribution in [0.3, 0.4) is 0 Å². The van der Waals surface area contributed by atoms with Gasteiger partial charge in [-0.1, -0.05) is 35.3 Å². The lowest BCUT2D eigenvalue weighted by molar-refractivity contribution is -0.0189. The van der Waals surface area contributed by atoms with Gasteiger partial charge >= 0.3 is 0 Å². The molecule has 0 aromatic heterocycles. The fourth-order valence-electron chi connectivity index (χ4n) is 4.15. The van der Waals surface area contributed by atoms with E-state index in [4.69, 9.17) is 42.5 Å². The van der Waals surface area contributed by atoms with Crippen molar-refractivity contribution in [3.63, 3.8) is 0 Å². The molecule has 0 amide bonds. The maximum absolute atomic E-state index is 13.5. The van der Waals surface area contributed by atoms with Crippen molar-refractivity contribution in [3.8, 4) is 17.2 Å². The van der Waals surface area contributed by atoms with Crippen LogP contribution in [-0.4, -0.2) is 24.9 Å². The highest BCUT2D eigenvalue weighted by Gasteiger charge is 2.42. The first-order valence-corrected chi connectivity index (χ1v) is 10.7. The second-order valence-corrected chi connectivity index (χ2v) is 8.39. The third-order valence-electron chi connectivity index (χ3n) is 5.68. The summed E-state index contributed by atoms with van der Waals surface area (Å²) in [6, 6.07) is 15.2. The van der Waals surface area contributed by atoms with Crippen molar-refractivity contribution in [2.24, 2.45) is 5.10 Å². The fourth-order valence-corrected chi connectivity index (χ4v) is 4.71. The van der Waals surface area contributed by atoms with Gasteiger partial charge in [-0.2, -0.15) is 5.10 Å². The van der Waals surface area contributed by atoms with E-state index in [9.17, 15) is 4.39 Å². The van der Waals surface area contributed by atoms with E-state index >= 15 is 0 Å². The van der Waals surface area contributed by atoms with Crippen molar-refractivity contribution in [2.75, 3.05) is 14.2 Å². The molecule has 0 spiro atoms. The monoisotopic (exact) mass is 472 g/mol. The predicted molar refractivity (Wildman–Crippen MR) is 122 cm³/mol. The fraction of sp³-hybridized carbons (Fsp3) is 0.208. The zero-order valence-corrected chi connectivity index (χ0v) is 18.8. The normalized spacial score (nSPS) is 19.0. The number of halogens is 3. The summed E-state index contributed by atoms with van der Waals surface area (Å²) in [6.07, 6.45) is 0.0460. The molecule has 3 aromatic carbocycles. The lowest BCUT2D eigenvalue weighted by atomic mass is 9.95. The van der Waals surface area contributed by atoms with Crippen molar-refractivity contribution in [1.82, 2.24) is 5.01 Å². The summed E-state index contributed by atoms with van der Waals surface area (Å²) >= 11 is 12.8. The molecule has 0 saturated carbocycles. The molecule has 0 unspecified atom stereocenters. The summed E-state index contributed by atoms with van der Waals surface area (Å²) in [5.41, 5.74) is 3.39. The van der Waals surface area contributed by atoms with Gasteiger partial charge in [-0.25, -0.2) is 9.40 Å². The molecule has 164 valence electrons. The van der Waals surface area contributed by atoms with Crippen LogP contribution in [0.15, 0.2) is 59.7 Å². The van der Waals surface area contributed by atoms with Crippen LogP contribution < -0.4 is 14.2 Å². The van der Waals surface area contributed by atoms with E-state index in [0.717, 1.165) is 22.4 Å². The number of hydrazone groups is 1. The highest BCUT2D eigenvalue weighted by molar-refractivity contribution is 6.35. The molecule has 8 heteroatoms. The summed E-state index contributed by atoms with van der Waals surface area (Å²) in [7, 11) is 3.19. The Morgan fingerprint density at radius 1 is 1.00 bits per heavy atom. The molecular weight excluding hydrogens is 454 g/mol. The van der Waals surface area contributed by atoms with Crippen molar-refractivity contribution in [3.05, 3.63) is 87.2 Å². The largest absolute Gasteiger partial charge is 0.493 e. The average Bonchev–Trinajstić information content (AvgIpc) is 3.25. The molecule has 2 aliphatic rings. The van der Waals surface area contributed by atoms with E-state index in [1.54, 1.807) is 32.4 Å². The van der Waals surface area contributed by atoms with E-state index < -0.39 is 6.23 Å². The van der Waals surface area contributed by atoms with Crippen LogP contribution in [0, 0.1) is 5.82 Å². The van der Waals surface area contributed by atoms with Gasteiger partial charge < -0.3 is 14.2 Å². The summed E-state index contributed by atoms with van der Waals surface area (Å²) < 4.78 is 30.6. The number of fused-ring (bicyclic) bond motifs is 3. The Labute approximate surface area is 194 Å². The number of ether oxygens (including phenoxy) is 3. The van der Waals surface area contributed by atoms with E-state index in [1.807, 2.05) is 29.3 Å². The molecule has 0 radical (unpaired) electrons. The summed E-state index contributed by atoms with van der Waals surface area (Å²) in [5.74, 6) is 1.51. The maximum Gasteiger partial charge on any atom is 0.213 e. The lowest BCUT2D eigenvalue weighted by Gasteiger charge is -2.38. The van der Waals surface area contributed by atoms with Crippen molar-refractivity contribution in [1.29, 1.82) is 0 Å². The standard InChI is InChI=1S/C24H19Cl2FN2O3/c1-30-21-8-5-14(9-22(21)31-2)19-12-20-17-10-15(25)11-18(26)23(17)32-24(29(20)28-19)13-3-6-16(27)7-4-13/h3-11,20,24H,12H2,1-2H3/t20-,24-/m1/s1. The zero-order chi connectivity index (χ0) is 22.4. The molecule has 0 N–H and O–H groups in total. The maximum atomic E-state index is 13.5. The Hall–Kier alpha value is -2.96. The van der Waals surface area contributed by atoms with Crippen molar-refractivity contribution < 1.29 is 18.6 Å². The van der Waals surface area contributed by atoms with Gasteiger partial charge in [0.2, 0.25) is 6.23 Å². The molecule has 2 aliphatic heterocycles. The van der Waals surface area contributed by atoms with Gasteiger partial charge in [0.15, 0.2) is 11.5 Å². The van der Waals surface area contributed by atoms with E-state index in [1.165, 1.54) is 12.1 Å². The van der Waals surface area contributed by atoms with Gasteiger partial charge in [-0.3, -0.25) is 0 Å². The van der Waals surface area contributed by atoms with Gasteiger partial charge in [0, 0.05) is 28.1 Å². The number of nitrogens with zero attached hydrogens (tertiary/aromatic N) is 2. The number of hydrogen-bond acceptors (Lipinski definition) is 5. The smallest absolute Gasteiger partial charge is 0.213 e. The highest BCUT2D eigenvalue weighted by Crippen LogP contribution is 2.51. The zero-order valence-electron chi connectivity index (χ0n) is 17.3. The SMILES string of the molecule is COc1ccc(C2=NN3[C@H](C2)c2cc(Cl)cc(Cl)c2O[C@@H]3c2ccc(F)cc2)cc1OC. The molecule has 0 aliphatic carbocycles. The number of rotatable bonds is 4. The third-order valence-corrected chi connectivity index (χ3v) is 6.18. The molecule has 5 nitrogen and oxygen atoms in total. The van der Waals surface area contributed by atoms with Crippen LogP contribution >= 0.6 is 23.2 Å². The van der Waals surface area contributed by atoms with Gasteiger partial charge in [0.1, 0.15) is 11.6 Å². The Kier molecular flexibility index (Phi) is 5.35. The predicted octanol–water partition coefficient (Wildman–Crippen LogP) is 6.39. The Bertz CT molecular complexity index is 1220. The molecule has 3 aromatic rings. The van der Waals surface area contributed by atoms with E-state index in [-0.39, 0.29) is 11.9 Å². The first kappa shape index (κ1) is 20.9.